The van der Waals surface area contributed by atoms with Crippen LogP contribution < -0.4 is 25.4 Å². The van der Waals surface area contributed by atoms with E-state index >= 15 is 0 Å². The number of hydrogen-bond acceptors (Lipinski definition) is 9. The summed E-state index contributed by atoms with van der Waals surface area (Å²) in [6.45, 7) is 3.78. The van der Waals surface area contributed by atoms with Crippen LogP contribution in [0.25, 0.3) is 22.6 Å². The van der Waals surface area contributed by atoms with Gasteiger partial charge in [-0.1, -0.05) is 12.1 Å². The number of ether oxygens (including phenoxy) is 3. The summed E-state index contributed by atoms with van der Waals surface area (Å²) in [6.07, 6.45) is 4.98. The van der Waals surface area contributed by atoms with Crippen molar-refractivity contribution in [3.63, 3.8) is 0 Å². The molecule has 2 aliphatic rings. The summed E-state index contributed by atoms with van der Waals surface area (Å²) in [6, 6.07) is 9.35. The maximum Gasteiger partial charge on any atom is 0.227 e. The highest BCUT2D eigenvalue weighted by molar-refractivity contribution is 5.93. The Balaban J connectivity index is 1.50. The SMILES string of the molecule is COc1cc(OC)c(-c2nc(-c3cccc(NC(=O)C4CCNCC4)c3)ncc2C2CNCCO2)cn1. The highest BCUT2D eigenvalue weighted by Crippen LogP contribution is 2.37. The number of methoxy groups -OCH3 is 2. The van der Waals surface area contributed by atoms with Crippen molar-refractivity contribution in [1.82, 2.24) is 25.6 Å². The molecule has 0 saturated carbocycles. The summed E-state index contributed by atoms with van der Waals surface area (Å²) >= 11 is 0. The lowest BCUT2D eigenvalue weighted by Crippen LogP contribution is -2.34. The molecular weight excluding hydrogens is 472 g/mol. The molecular formula is C27H32N6O4. The van der Waals surface area contributed by atoms with E-state index < -0.39 is 0 Å². The summed E-state index contributed by atoms with van der Waals surface area (Å²) in [4.78, 5) is 26.8. The van der Waals surface area contributed by atoms with Crippen LogP contribution in [0, 0.1) is 5.92 Å². The number of aromatic nitrogens is 3. The van der Waals surface area contributed by atoms with Crippen LogP contribution in [0.4, 0.5) is 5.69 Å². The Labute approximate surface area is 216 Å². The van der Waals surface area contributed by atoms with E-state index in [1.165, 1.54) is 0 Å². The van der Waals surface area contributed by atoms with Crippen molar-refractivity contribution in [2.75, 3.05) is 52.3 Å². The van der Waals surface area contributed by atoms with E-state index in [1.807, 2.05) is 24.3 Å². The van der Waals surface area contributed by atoms with E-state index in [9.17, 15) is 4.79 Å². The van der Waals surface area contributed by atoms with Gasteiger partial charge in [-0.15, -0.1) is 0 Å². The number of nitrogens with zero attached hydrogens (tertiary/aromatic N) is 3. The van der Waals surface area contributed by atoms with Crippen molar-refractivity contribution < 1.29 is 19.0 Å². The second-order valence-corrected chi connectivity index (χ2v) is 9.08. The van der Waals surface area contributed by atoms with Gasteiger partial charge in [0, 0.05) is 54.3 Å². The molecule has 1 aromatic carbocycles. The monoisotopic (exact) mass is 504 g/mol. The fraction of sp³-hybridized carbons (Fsp3) is 0.407. The Morgan fingerprint density at radius 2 is 1.92 bits per heavy atom. The highest BCUT2D eigenvalue weighted by Gasteiger charge is 2.25. The molecule has 37 heavy (non-hydrogen) atoms. The number of nitrogens with one attached hydrogen (secondary N) is 3. The second-order valence-electron chi connectivity index (χ2n) is 9.08. The Bertz CT molecular complexity index is 1240. The van der Waals surface area contributed by atoms with Crippen LogP contribution >= 0.6 is 0 Å². The topological polar surface area (TPSA) is 120 Å². The number of hydrogen-bond donors (Lipinski definition) is 3. The fourth-order valence-corrected chi connectivity index (χ4v) is 4.69. The average Bonchev–Trinajstić information content (AvgIpc) is 2.97. The largest absolute Gasteiger partial charge is 0.496 e. The minimum Gasteiger partial charge on any atom is -0.496 e. The Morgan fingerprint density at radius 1 is 1.05 bits per heavy atom. The van der Waals surface area contributed by atoms with Crippen LogP contribution in [0.1, 0.15) is 24.5 Å². The molecule has 1 amide bonds. The number of carbonyl (C=O) groups is 1. The fourth-order valence-electron chi connectivity index (χ4n) is 4.69. The molecule has 0 radical (unpaired) electrons. The van der Waals surface area contributed by atoms with Crippen molar-refractivity contribution >= 4 is 11.6 Å². The molecule has 0 spiro atoms. The third kappa shape index (κ3) is 5.71. The summed E-state index contributed by atoms with van der Waals surface area (Å²) < 4.78 is 17.0. The first-order chi connectivity index (χ1) is 18.2. The van der Waals surface area contributed by atoms with Crippen LogP contribution in [0.3, 0.4) is 0 Å². The van der Waals surface area contributed by atoms with E-state index in [0.29, 0.717) is 41.9 Å². The Hall–Kier alpha value is -3.60. The van der Waals surface area contributed by atoms with Gasteiger partial charge in [0.25, 0.3) is 0 Å². The van der Waals surface area contributed by atoms with Crippen LogP contribution in [-0.4, -0.2) is 67.9 Å². The molecule has 2 fully saturated rings. The number of benzene rings is 1. The summed E-state index contributed by atoms with van der Waals surface area (Å²) in [7, 11) is 3.17. The zero-order chi connectivity index (χ0) is 25.6. The number of piperidine rings is 1. The van der Waals surface area contributed by atoms with E-state index in [4.69, 9.17) is 19.2 Å². The summed E-state index contributed by atoms with van der Waals surface area (Å²) in [5, 5.41) is 9.73. The van der Waals surface area contributed by atoms with Crippen molar-refractivity contribution in [3.05, 3.63) is 48.3 Å². The van der Waals surface area contributed by atoms with Gasteiger partial charge in [0.2, 0.25) is 11.8 Å². The molecule has 10 heteroatoms. The third-order valence-corrected chi connectivity index (χ3v) is 6.71. The molecule has 0 bridgehead atoms. The molecule has 2 aliphatic heterocycles. The molecule has 10 nitrogen and oxygen atoms in total. The van der Waals surface area contributed by atoms with Crippen molar-refractivity contribution in [1.29, 1.82) is 0 Å². The quantitative estimate of drug-likeness (QED) is 0.446. The molecule has 4 heterocycles. The zero-order valence-electron chi connectivity index (χ0n) is 21.1. The van der Waals surface area contributed by atoms with Gasteiger partial charge in [0.15, 0.2) is 5.82 Å². The van der Waals surface area contributed by atoms with Gasteiger partial charge in [-0.25, -0.2) is 15.0 Å². The molecule has 3 N–H and O–H groups in total. The van der Waals surface area contributed by atoms with E-state index in [-0.39, 0.29) is 17.9 Å². The van der Waals surface area contributed by atoms with Crippen molar-refractivity contribution in [2.45, 2.75) is 18.9 Å². The van der Waals surface area contributed by atoms with E-state index in [1.54, 1.807) is 32.7 Å². The first-order valence-corrected chi connectivity index (χ1v) is 12.6. The lowest BCUT2D eigenvalue weighted by molar-refractivity contribution is -0.120. The molecule has 2 saturated heterocycles. The Kier molecular flexibility index (Phi) is 7.88. The van der Waals surface area contributed by atoms with Crippen LogP contribution in [0.2, 0.25) is 0 Å². The second kappa shape index (κ2) is 11.6. The van der Waals surface area contributed by atoms with Crippen molar-refractivity contribution in [3.8, 4) is 34.3 Å². The summed E-state index contributed by atoms with van der Waals surface area (Å²) in [5.74, 6) is 1.63. The van der Waals surface area contributed by atoms with Gasteiger partial charge >= 0.3 is 0 Å². The first-order valence-electron chi connectivity index (χ1n) is 12.6. The van der Waals surface area contributed by atoms with Gasteiger partial charge < -0.3 is 30.2 Å². The molecule has 1 unspecified atom stereocenters. The maximum absolute atomic E-state index is 12.8. The number of carbonyl (C=O) groups excluding carboxylic acids is 1. The number of morpholine rings is 1. The number of pyridine rings is 1. The normalized spacial score (nSPS) is 18.3. The highest BCUT2D eigenvalue weighted by atomic mass is 16.5. The number of rotatable bonds is 7. The third-order valence-electron chi connectivity index (χ3n) is 6.71. The van der Waals surface area contributed by atoms with E-state index in [0.717, 1.165) is 49.3 Å². The van der Waals surface area contributed by atoms with Crippen LogP contribution in [0.15, 0.2) is 42.7 Å². The number of amides is 1. The molecule has 1 atom stereocenters. The minimum atomic E-state index is -0.208. The van der Waals surface area contributed by atoms with Gasteiger partial charge in [0.05, 0.1) is 38.2 Å². The average molecular weight is 505 g/mol. The van der Waals surface area contributed by atoms with Gasteiger partial charge in [-0.2, -0.15) is 0 Å². The van der Waals surface area contributed by atoms with Gasteiger partial charge in [0.1, 0.15) is 5.75 Å². The lowest BCUT2D eigenvalue weighted by atomic mass is 9.97. The predicted octanol–water partition coefficient (Wildman–Crippen LogP) is 2.82. The van der Waals surface area contributed by atoms with Crippen LogP contribution in [0.5, 0.6) is 11.6 Å². The van der Waals surface area contributed by atoms with Crippen LogP contribution in [-0.2, 0) is 9.53 Å². The summed E-state index contributed by atoms with van der Waals surface area (Å²) in [5.41, 5.74) is 3.75. The minimum absolute atomic E-state index is 0.0196. The molecule has 5 rings (SSSR count). The molecule has 194 valence electrons. The maximum atomic E-state index is 12.8. The molecule has 2 aromatic heterocycles. The van der Waals surface area contributed by atoms with E-state index in [2.05, 4.69) is 25.9 Å². The standard InChI is InChI=1S/C27H32N6O4/c1-35-22-13-24(36-2)30-14-20(22)25-21(23-16-29-10-11-37-23)15-31-26(33-25)18-4-3-5-19(12-18)32-27(34)17-6-8-28-9-7-17/h3-5,12-15,17,23,28-29H,6-11,16H2,1-2H3,(H,32,34). The predicted molar refractivity (Wildman–Crippen MR) is 140 cm³/mol. The first kappa shape index (κ1) is 25.1. The lowest BCUT2D eigenvalue weighted by Gasteiger charge is -2.25. The van der Waals surface area contributed by atoms with Gasteiger partial charge in [-0.3, -0.25) is 4.79 Å². The molecule has 3 aromatic rings. The van der Waals surface area contributed by atoms with Crippen molar-refractivity contribution in [2.24, 2.45) is 5.92 Å². The Morgan fingerprint density at radius 3 is 2.68 bits per heavy atom. The molecule has 0 aliphatic carbocycles. The number of anilines is 1. The smallest absolute Gasteiger partial charge is 0.227 e. The zero-order valence-corrected chi connectivity index (χ0v) is 21.1. The van der Waals surface area contributed by atoms with Gasteiger partial charge in [-0.05, 0) is 38.1 Å².